The quantitative estimate of drug-likeness (QED) is 0.619. The molecule has 20 heavy (non-hydrogen) atoms. The summed E-state index contributed by atoms with van der Waals surface area (Å²) in [6.45, 7) is 2.94. The van der Waals surface area contributed by atoms with Crippen LogP contribution in [0.4, 0.5) is 0 Å². The van der Waals surface area contributed by atoms with Crippen LogP contribution in [-0.4, -0.2) is 39.7 Å². The fourth-order valence-corrected chi connectivity index (χ4v) is 1.58. The first-order chi connectivity index (χ1) is 9.47. The second-order valence-electron chi connectivity index (χ2n) is 4.26. The van der Waals surface area contributed by atoms with Crippen molar-refractivity contribution < 1.29 is 19.5 Å². The maximum absolute atomic E-state index is 12.2. The molecule has 0 fully saturated rings. The standard InChI is InChI=1S/C14H16N2O4/c1-10(11(2)14(19)20)13(18)16(7-8-17)9-12-3-5-15-6-4-12/h3-6,8H,7,9H2,1-2H3,(H,19,20)/b11-10-. The lowest BCUT2D eigenvalue weighted by Gasteiger charge is -2.21. The van der Waals surface area contributed by atoms with Crippen LogP contribution in [-0.2, 0) is 20.9 Å². The Labute approximate surface area is 116 Å². The molecule has 0 aromatic carbocycles. The minimum absolute atomic E-state index is 0.0272. The van der Waals surface area contributed by atoms with Crippen molar-refractivity contribution in [1.29, 1.82) is 0 Å². The van der Waals surface area contributed by atoms with E-state index < -0.39 is 11.9 Å². The predicted octanol–water partition coefficient (Wildman–Crippen LogP) is 1.03. The number of aromatic nitrogens is 1. The Morgan fingerprint density at radius 2 is 1.85 bits per heavy atom. The molecule has 1 amide bonds. The summed E-state index contributed by atoms with van der Waals surface area (Å²) < 4.78 is 0. The molecule has 1 N–H and O–H groups in total. The number of nitrogens with zero attached hydrogens (tertiary/aromatic N) is 2. The fourth-order valence-electron chi connectivity index (χ4n) is 1.58. The molecular weight excluding hydrogens is 260 g/mol. The highest BCUT2D eigenvalue weighted by Gasteiger charge is 2.19. The molecule has 6 heteroatoms. The molecule has 1 aromatic rings. The molecule has 1 rings (SSSR count). The van der Waals surface area contributed by atoms with E-state index in [-0.39, 0.29) is 24.2 Å². The zero-order chi connectivity index (χ0) is 15.1. The molecule has 6 nitrogen and oxygen atoms in total. The van der Waals surface area contributed by atoms with Crippen molar-refractivity contribution in [3.8, 4) is 0 Å². The monoisotopic (exact) mass is 276 g/mol. The number of pyridine rings is 1. The average molecular weight is 276 g/mol. The Kier molecular flexibility index (Phi) is 5.58. The topological polar surface area (TPSA) is 87.6 Å². The van der Waals surface area contributed by atoms with Crippen molar-refractivity contribution in [1.82, 2.24) is 9.88 Å². The van der Waals surface area contributed by atoms with Gasteiger partial charge in [-0.25, -0.2) is 4.79 Å². The van der Waals surface area contributed by atoms with E-state index in [9.17, 15) is 14.4 Å². The summed E-state index contributed by atoms with van der Waals surface area (Å²) in [6, 6.07) is 3.46. The third-order valence-corrected chi connectivity index (χ3v) is 2.91. The Balaban J connectivity index is 2.96. The van der Waals surface area contributed by atoms with Gasteiger partial charge >= 0.3 is 5.97 Å². The number of hydrogen-bond donors (Lipinski definition) is 1. The third kappa shape index (κ3) is 4.01. The number of carbonyl (C=O) groups excluding carboxylic acids is 2. The highest BCUT2D eigenvalue weighted by atomic mass is 16.4. The zero-order valence-electron chi connectivity index (χ0n) is 11.4. The van der Waals surface area contributed by atoms with Crippen LogP contribution >= 0.6 is 0 Å². The van der Waals surface area contributed by atoms with Gasteiger partial charge in [-0.1, -0.05) is 0 Å². The van der Waals surface area contributed by atoms with Crippen LogP contribution in [0.1, 0.15) is 19.4 Å². The molecular formula is C14H16N2O4. The first-order valence-electron chi connectivity index (χ1n) is 6.00. The minimum Gasteiger partial charge on any atom is -0.478 e. The predicted molar refractivity (Wildman–Crippen MR) is 71.7 cm³/mol. The average Bonchev–Trinajstić information content (AvgIpc) is 2.45. The van der Waals surface area contributed by atoms with Gasteiger partial charge in [0.15, 0.2) is 0 Å². The fraction of sp³-hybridized carbons (Fsp3) is 0.286. The highest BCUT2D eigenvalue weighted by Crippen LogP contribution is 2.11. The summed E-state index contributed by atoms with van der Waals surface area (Å²) in [6.07, 6.45) is 3.79. The number of amides is 1. The van der Waals surface area contributed by atoms with Gasteiger partial charge in [-0.3, -0.25) is 9.78 Å². The van der Waals surface area contributed by atoms with Gasteiger partial charge in [0.05, 0.1) is 6.54 Å². The minimum atomic E-state index is -1.15. The lowest BCUT2D eigenvalue weighted by atomic mass is 10.1. The van der Waals surface area contributed by atoms with Crippen molar-refractivity contribution in [2.75, 3.05) is 6.54 Å². The number of carboxylic acids is 1. The van der Waals surface area contributed by atoms with E-state index in [1.54, 1.807) is 24.5 Å². The summed E-state index contributed by atoms with van der Waals surface area (Å²) in [5.74, 6) is -1.61. The molecule has 0 spiro atoms. The van der Waals surface area contributed by atoms with Crippen molar-refractivity contribution >= 4 is 18.2 Å². The van der Waals surface area contributed by atoms with Gasteiger partial charge in [-0.05, 0) is 31.5 Å². The lowest BCUT2D eigenvalue weighted by molar-refractivity contribution is -0.134. The maximum Gasteiger partial charge on any atom is 0.331 e. The maximum atomic E-state index is 12.2. The van der Waals surface area contributed by atoms with Crippen LogP contribution in [0.3, 0.4) is 0 Å². The van der Waals surface area contributed by atoms with Gasteiger partial charge in [-0.2, -0.15) is 0 Å². The molecule has 0 atom stereocenters. The van der Waals surface area contributed by atoms with Crippen LogP contribution < -0.4 is 0 Å². The molecule has 0 aliphatic carbocycles. The second kappa shape index (κ2) is 7.18. The van der Waals surface area contributed by atoms with E-state index in [1.165, 1.54) is 18.7 Å². The van der Waals surface area contributed by atoms with Gasteiger partial charge in [0.1, 0.15) is 6.29 Å². The van der Waals surface area contributed by atoms with E-state index in [0.717, 1.165) is 5.56 Å². The van der Waals surface area contributed by atoms with Crippen molar-refractivity contribution in [3.63, 3.8) is 0 Å². The van der Waals surface area contributed by atoms with E-state index >= 15 is 0 Å². The van der Waals surface area contributed by atoms with Crippen molar-refractivity contribution in [2.45, 2.75) is 20.4 Å². The Hall–Kier alpha value is -2.50. The smallest absolute Gasteiger partial charge is 0.331 e. The molecule has 106 valence electrons. The van der Waals surface area contributed by atoms with Crippen LogP contribution in [0, 0.1) is 0 Å². The number of rotatable bonds is 6. The van der Waals surface area contributed by atoms with E-state index in [1.807, 2.05) is 0 Å². The van der Waals surface area contributed by atoms with Crippen LogP contribution in [0.15, 0.2) is 35.7 Å². The van der Waals surface area contributed by atoms with E-state index in [2.05, 4.69) is 4.98 Å². The molecule has 1 aromatic heterocycles. The Morgan fingerprint density at radius 3 is 2.35 bits per heavy atom. The summed E-state index contributed by atoms with van der Waals surface area (Å²) in [5.41, 5.74) is 0.907. The zero-order valence-corrected chi connectivity index (χ0v) is 11.4. The SMILES string of the molecule is C/C(C(=O)O)=C(\C)C(=O)N(CC=O)Cc1ccncc1. The number of hydrogen-bond acceptors (Lipinski definition) is 4. The number of carboxylic acid groups (broad SMARTS) is 1. The molecule has 0 radical (unpaired) electrons. The molecule has 0 saturated carbocycles. The summed E-state index contributed by atoms with van der Waals surface area (Å²) in [7, 11) is 0. The summed E-state index contributed by atoms with van der Waals surface area (Å²) in [5, 5.41) is 8.90. The first kappa shape index (κ1) is 15.6. The Bertz CT molecular complexity index is 537. The number of aldehydes is 1. The van der Waals surface area contributed by atoms with Crippen molar-refractivity contribution in [3.05, 3.63) is 41.2 Å². The molecule has 0 saturated heterocycles. The van der Waals surface area contributed by atoms with Crippen LogP contribution in [0.5, 0.6) is 0 Å². The molecule has 0 unspecified atom stereocenters. The summed E-state index contributed by atoms with van der Waals surface area (Å²) in [4.78, 5) is 39.0. The molecule has 0 aliphatic rings. The van der Waals surface area contributed by atoms with E-state index in [4.69, 9.17) is 5.11 Å². The van der Waals surface area contributed by atoms with Crippen LogP contribution in [0.2, 0.25) is 0 Å². The van der Waals surface area contributed by atoms with Gasteiger partial charge in [-0.15, -0.1) is 0 Å². The molecule has 1 heterocycles. The largest absolute Gasteiger partial charge is 0.478 e. The molecule has 0 aliphatic heterocycles. The normalized spacial score (nSPS) is 11.5. The van der Waals surface area contributed by atoms with Crippen molar-refractivity contribution in [2.24, 2.45) is 0 Å². The van der Waals surface area contributed by atoms with Gasteiger partial charge < -0.3 is 14.8 Å². The Morgan fingerprint density at radius 1 is 1.25 bits per heavy atom. The first-order valence-corrected chi connectivity index (χ1v) is 6.00. The highest BCUT2D eigenvalue weighted by molar-refractivity contribution is 6.01. The third-order valence-electron chi connectivity index (χ3n) is 2.91. The lowest BCUT2D eigenvalue weighted by Crippen LogP contribution is -2.33. The van der Waals surface area contributed by atoms with Gasteiger partial charge in [0.2, 0.25) is 0 Å². The van der Waals surface area contributed by atoms with Gasteiger partial charge in [0.25, 0.3) is 5.91 Å². The van der Waals surface area contributed by atoms with Crippen LogP contribution in [0.25, 0.3) is 0 Å². The van der Waals surface area contributed by atoms with Gasteiger partial charge in [0, 0.05) is 30.1 Å². The number of aliphatic carboxylic acids is 1. The molecule has 0 bridgehead atoms. The summed E-state index contributed by atoms with van der Waals surface area (Å²) >= 11 is 0. The van der Waals surface area contributed by atoms with E-state index in [0.29, 0.717) is 6.29 Å². The second-order valence-corrected chi connectivity index (χ2v) is 4.26. The number of carbonyl (C=O) groups is 3.